The van der Waals surface area contributed by atoms with Crippen LogP contribution in [0.25, 0.3) is 10.2 Å². The lowest BCUT2D eigenvalue weighted by Gasteiger charge is -2.17. The van der Waals surface area contributed by atoms with E-state index in [1.165, 1.54) is 11.3 Å². The number of ether oxygens (including phenoxy) is 1. The van der Waals surface area contributed by atoms with E-state index < -0.39 is 0 Å². The van der Waals surface area contributed by atoms with Crippen LogP contribution in [0, 0.1) is 13.8 Å². The Balaban J connectivity index is 1.90. The number of nitrogens with zero attached hydrogens (tertiary/aromatic N) is 2. The summed E-state index contributed by atoms with van der Waals surface area (Å²) in [6.45, 7) is 8.06. The van der Waals surface area contributed by atoms with E-state index in [1.807, 2.05) is 45.0 Å². The Morgan fingerprint density at radius 2 is 1.89 bits per heavy atom. The molecule has 0 unspecified atom stereocenters. The zero-order valence-corrected chi connectivity index (χ0v) is 17.2. The molecule has 1 aromatic carbocycles. The predicted octanol–water partition coefficient (Wildman–Crippen LogP) is 4.76. The molecule has 0 fully saturated rings. The molecule has 0 saturated carbocycles. The summed E-state index contributed by atoms with van der Waals surface area (Å²) < 4.78 is 5.21. The van der Waals surface area contributed by atoms with Crippen LogP contribution in [0.15, 0.2) is 24.3 Å². The summed E-state index contributed by atoms with van der Waals surface area (Å²) in [4.78, 5) is 23.7. The quantitative estimate of drug-likeness (QED) is 0.666. The average molecular weight is 384 g/mol. The largest absolute Gasteiger partial charge is 0.497 e. The molecule has 5 nitrogen and oxygen atoms in total. The molecule has 0 saturated heterocycles. The molecular formula is C21H25N3O2S. The molecule has 142 valence electrons. The lowest BCUT2D eigenvalue weighted by atomic mass is 10.0. The van der Waals surface area contributed by atoms with E-state index >= 15 is 0 Å². The molecule has 3 aromatic rings. The number of carbonyl (C=O) groups excluding carboxylic acids is 1. The third-order valence-corrected chi connectivity index (χ3v) is 5.96. The SMILES string of the molecule is CCc1nc(C)c2c(C)c(C(=O)N[C@@H](CC)c3ccc(OC)cc3)sc2n1. The maximum absolute atomic E-state index is 13.0. The van der Waals surface area contributed by atoms with Crippen molar-refractivity contribution in [3.63, 3.8) is 0 Å². The normalized spacial score (nSPS) is 12.2. The number of benzene rings is 1. The summed E-state index contributed by atoms with van der Waals surface area (Å²) in [5, 5.41) is 4.17. The highest BCUT2D eigenvalue weighted by Crippen LogP contribution is 2.32. The zero-order valence-electron chi connectivity index (χ0n) is 16.4. The Morgan fingerprint density at radius 3 is 2.48 bits per heavy atom. The molecular weight excluding hydrogens is 358 g/mol. The third kappa shape index (κ3) is 3.81. The van der Waals surface area contributed by atoms with Gasteiger partial charge in [-0.1, -0.05) is 26.0 Å². The molecule has 6 heteroatoms. The minimum Gasteiger partial charge on any atom is -0.497 e. The van der Waals surface area contributed by atoms with Crippen molar-refractivity contribution in [3.8, 4) is 5.75 Å². The molecule has 3 rings (SSSR count). The van der Waals surface area contributed by atoms with Gasteiger partial charge in [0.25, 0.3) is 5.91 Å². The zero-order chi connectivity index (χ0) is 19.6. The lowest BCUT2D eigenvalue weighted by molar-refractivity contribution is 0.0939. The highest BCUT2D eigenvalue weighted by molar-refractivity contribution is 7.20. The molecule has 0 aliphatic rings. The Labute approximate surface area is 163 Å². The van der Waals surface area contributed by atoms with Gasteiger partial charge in [0.05, 0.1) is 18.0 Å². The molecule has 0 aliphatic carbocycles. The number of nitrogens with one attached hydrogen (secondary N) is 1. The second-order valence-electron chi connectivity index (χ2n) is 6.52. The van der Waals surface area contributed by atoms with Crippen molar-refractivity contribution in [3.05, 3.63) is 51.8 Å². The van der Waals surface area contributed by atoms with Gasteiger partial charge >= 0.3 is 0 Å². The monoisotopic (exact) mass is 383 g/mol. The van der Waals surface area contributed by atoms with Crippen LogP contribution in [0.1, 0.15) is 58.6 Å². The van der Waals surface area contributed by atoms with Gasteiger partial charge in [0.1, 0.15) is 16.4 Å². The first kappa shape index (κ1) is 19.3. The van der Waals surface area contributed by atoms with Crippen LogP contribution in [0.3, 0.4) is 0 Å². The van der Waals surface area contributed by atoms with Crippen molar-refractivity contribution in [1.82, 2.24) is 15.3 Å². The standard InChI is InChI=1S/C21H25N3O2S/c1-6-16(14-8-10-15(26-5)11-9-14)23-20(25)19-12(3)18-13(4)22-17(7-2)24-21(18)27-19/h8-11,16H,6-7H2,1-5H3,(H,23,25)/t16-/m0/s1. The van der Waals surface area contributed by atoms with Gasteiger partial charge in [0.2, 0.25) is 0 Å². The number of carbonyl (C=O) groups is 1. The topological polar surface area (TPSA) is 64.1 Å². The van der Waals surface area contributed by atoms with E-state index in [0.29, 0.717) is 4.88 Å². The van der Waals surface area contributed by atoms with Crippen LogP contribution in [0.2, 0.25) is 0 Å². The van der Waals surface area contributed by atoms with Crippen LogP contribution in [0.5, 0.6) is 5.75 Å². The first-order valence-electron chi connectivity index (χ1n) is 9.19. The van der Waals surface area contributed by atoms with E-state index in [2.05, 4.69) is 22.2 Å². The number of hydrogen-bond acceptors (Lipinski definition) is 5. The van der Waals surface area contributed by atoms with E-state index in [-0.39, 0.29) is 11.9 Å². The predicted molar refractivity (Wildman–Crippen MR) is 110 cm³/mol. The van der Waals surface area contributed by atoms with E-state index in [9.17, 15) is 4.79 Å². The Bertz CT molecular complexity index is 964. The number of thiophene rings is 1. The molecule has 0 spiro atoms. The second-order valence-corrected chi connectivity index (χ2v) is 7.52. The van der Waals surface area contributed by atoms with E-state index in [0.717, 1.165) is 51.5 Å². The fourth-order valence-corrected chi connectivity index (χ4v) is 4.40. The molecule has 1 atom stereocenters. The van der Waals surface area contributed by atoms with Crippen molar-refractivity contribution in [2.24, 2.45) is 0 Å². The van der Waals surface area contributed by atoms with Crippen LogP contribution >= 0.6 is 11.3 Å². The fourth-order valence-electron chi connectivity index (χ4n) is 3.25. The fraction of sp³-hybridized carbons (Fsp3) is 0.381. The maximum Gasteiger partial charge on any atom is 0.262 e. The Hall–Kier alpha value is -2.47. The third-order valence-electron chi connectivity index (χ3n) is 4.77. The summed E-state index contributed by atoms with van der Waals surface area (Å²) in [6.07, 6.45) is 1.59. The highest BCUT2D eigenvalue weighted by Gasteiger charge is 2.21. The van der Waals surface area contributed by atoms with Crippen LogP contribution in [-0.2, 0) is 6.42 Å². The van der Waals surface area contributed by atoms with Gasteiger partial charge in [-0.05, 0) is 43.5 Å². The van der Waals surface area contributed by atoms with Crippen molar-refractivity contribution in [2.45, 2.75) is 46.6 Å². The number of fused-ring (bicyclic) bond motifs is 1. The molecule has 2 aromatic heterocycles. The van der Waals surface area contributed by atoms with Crippen LogP contribution in [-0.4, -0.2) is 23.0 Å². The molecule has 1 amide bonds. The van der Waals surface area contributed by atoms with Gasteiger partial charge < -0.3 is 10.1 Å². The number of aromatic nitrogens is 2. The number of aryl methyl sites for hydroxylation is 3. The van der Waals surface area contributed by atoms with E-state index in [1.54, 1.807) is 7.11 Å². The maximum atomic E-state index is 13.0. The highest BCUT2D eigenvalue weighted by atomic mass is 32.1. The smallest absolute Gasteiger partial charge is 0.262 e. The molecule has 0 radical (unpaired) electrons. The van der Waals surface area contributed by atoms with Crippen molar-refractivity contribution < 1.29 is 9.53 Å². The molecule has 0 bridgehead atoms. The first-order valence-corrected chi connectivity index (χ1v) is 10.0. The number of amides is 1. The van der Waals surface area contributed by atoms with Crippen LogP contribution in [0.4, 0.5) is 0 Å². The van der Waals surface area contributed by atoms with E-state index in [4.69, 9.17) is 4.74 Å². The van der Waals surface area contributed by atoms with Gasteiger partial charge in [-0.25, -0.2) is 9.97 Å². The summed E-state index contributed by atoms with van der Waals surface area (Å²) >= 11 is 1.45. The Morgan fingerprint density at radius 1 is 1.19 bits per heavy atom. The summed E-state index contributed by atoms with van der Waals surface area (Å²) in [7, 11) is 1.65. The number of rotatable bonds is 6. The van der Waals surface area contributed by atoms with Crippen molar-refractivity contribution >= 4 is 27.5 Å². The second kappa shape index (κ2) is 8.05. The average Bonchev–Trinajstić information content (AvgIpc) is 3.03. The molecule has 2 heterocycles. The number of methoxy groups -OCH3 is 1. The minimum atomic E-state index is -0.0596. The van der Waals surface area contributed by atoms with Gasteiger partial charge in [-0.2, -0.15) is 0 Å². The summed E-state index contributed by atoms with van der Waals surface area (Å²) in [6, 6.07) is 7.77. The van der Waals surface area contributed by atoms with Crippen LogP contribution < -0.4 is 10.1 Å². The van der Waals surface area contributed by atoms with Crippen molar-refractivity contribution in [2.75, 3.05) is 7.11 Å². The molecule has 0 aliphatic heterocycles. The molecule has 27 heavy (non-hydrogen) atoms. The van der Waals surface area contributed by atoms with Gasteiger partial charge in [0.15, 0.2) is 0 Å². The lowest BCUT2D eigenvalue weighted by Crippen LogP contribution is -2.27. The minimum absolute atomic E-state index is 0.0496. The summed E-state index contributed by atoms with van der Waals surface area (Å²) in [5.41, 5.74) is 2.96. The van der Waals surface area contributed by atoms with Gasteiger partial charge in [-0.15, -0.1) is 11.3 Å². The van der Waals surface area contributed by atoms with Gasteiger partial charge in [0, 0.05) is 17.5 Å². The van der Waals surface area contributed by atoms with Crippen molar-refractivity contribution in [1.29, 1.82) is 0 Å². The Kier molecular flexibility index (Phi) is 5.75. The first-order chi connectivity index (χ1) is 13.0. The van der Waals surface area contributed by atoms with Gasteiger partial charge in [-0.3, -0.25) is 4.79 Å². The number of hydrogen-bond donors (Lipinski definition) is 1. The molecule has 1 N–H and O–H groups in total. The summed E-state index contributed by atoms with van der Waals surface area (Å²) in [5.74, 6) is 1.56.